The van der Waals surface area contributed by atoms with Gasteiger partial charge in [-0.2, -0.15) is 0 Å². The summed E-state index contributed by atoms with van der Waals surface area (Å²) < 4.78 is 15.7. The van der Waals surface area contributed by atoms with E-state index in [0.717, 1.165) is 22.3 Å². The molecule has 0 aliphatic heterocycles. The first-order valence-corrected chi connectivity index (χ1v) is 5.04. The van der Waals surface area contributed by atoms with Crippen molar-refractivity contribution < 1.29 is 14.2 Å². The Labute approximate surface area is 94.5 Å². The molecule has 0 radical (unpaired) electrons. The molecule has 0 fully saturated rings. The van der Waals surface area contributed by atoms with Gasteiger partial charge >= 0.3 is 0 Å². The highest BCUT2D eigenvalue weighted by atomic mass is 16.7. The quantitative estimate of drug-likeness (QED) is 0.738. The van der Waals surface area contributed by atoms with Crippen molar-refractivity contribution in [1.29, 1.82) is 0 Å². The second kappa shape index (κ2) is 4.86. The Balaban J connectivity index is 2.54. The van der Waals surface area contributed by atoms with E-state index in [1.54, 1.807) is 14.2 Å². The van der Waals surface area contributed by atoms with Crippen LogP contribution in [0.4, 0.5) is 0 Å². The zero-order chi connectivity index (χ0) is 11.4. The summed E-state index contributed by atoms with van der Waals surface area (Å²) in [7, 11) is 3.22. The van der Waals surface area contributed by atoms with Gasteiger partial charge in [-0.1, -0.05) is 30.3 Å². The van der Waals surface area contributed by atoms with Crippen LogP contribution < -0.4 is 9.47 Å². The third kappa shape index (κ3) is 1.95. The van der Waals surface area contributed by atoms with Crippen molar-refractivity contribution in [2.45, 2.75) is 0 Å². The van der Waals surface area contributed by atoms with E-state index in [2.05, 4.69) is 0 Å². The molecule has 2 rings (SSSR count). The summed E-state index contributed by atoms with van der Waals surface area (Å²) in [5.41, 5.74) is 0. The molecule has 84 valence electrons. The predicted molar refractivity (Wildman–Crippen MR) is 63.0 cm³/mol. The maximum atomic E-state index is 5.54. The van der Waals surface area contributed by atoms with Crippen molar-refractivity contribution in [2.24, 2.45) is 0 Å². The smallest absolute Gasteiger partial charge is 0.188 e. The van der Waals surface area contributed by atoms with E-state index in [1.807, 2.05) is 36.4 Å². The number of rotatable bonds is 4. The first kappa shape index (κ1) is 10.8. The van der Waals surface area contributed by atoms with Crippen molar-refractivity contribution in [3.05, 3.63) is 36.4 Å². The van der Waals surface area contributed by atoms with E-state index in [4.69, 9.17) is 14.2 Å². The van der Waals surface area contributed by atoms with Gasteiger partial charge in [-0.25, -0.2) is 0 Å². The summed E-state index contributed by atoms with van der Waals surface area (Å²) in [4.78, 5) is 0. The van der Waals surface area contributed by atoms with Gasteiger partial charge in [0.25, 0.3) is 0 Å². The number of methoxy groups -OCH3 is 2. The lowest BCUT2D eigenvalue weighted by molar-refractivity contribution is 0.0503. The van der Waals surface area contributed by atoms with E-state index in [0.29, 0.717) is 0 Å². The van der Waals surface area contributed by atoms with Crippen LogP contribution in [0.1, 0.15) is 0 Å². The molecule has 16 heavy (non-hydrogen) atoms. The Morgan fingerprint density at radius 3 is 2.56 bits per heavy atom. The van der Waals surface area contributed by atoms with Gasteiger partial charge in [0.15, 0.2) is 18.3 Å². The molecule has 0 heterocycles. The van der Waals surface area contributed by atoms with Crippen molar-refractivity contribution in [2.75, 3.05) is 21.0 Å². The van der Waals surface area contributed by atoms with Crippen LogP contribution in [-0.2, 0) is 4.74 Å². The first-order valence-electron chi connectivity index (χ1n) is 5.04. The molecule has 2 aromatic carbocycles. The fraction of sp³-hybridized carbons (Fsp3) is 0.231. The van der Waals surface area contributed by atoms with Gasteiger partial charge in [0.2, 0.25) is 0 Å². The zero-order valence-corrected chi connectivity index (χ0v) is 9.40. The summed E-state index contributed by atoms with van der Waals surface area (Å²) in [5.74, 6) is 1.44. The predicted octanol–water partition coefficient (Wildman–Crippen LogP) is 2.83. The molecular formula is C13H14O3. The van der Waals surface area contributed by atoms with Crippen LogP contribution in [0.25, 0.3) is 10.8 Å². The van der Waals surface area contributed by atoms with Gasteiger partial charge in [-0.15, -0.1) is 0 Å². The Bertz CT molecular complexity index is 480. The zero-order valence-electron chi connectivity index (χ0n) is 9.40. The molecule has 0 saturated carbocycles. The fourth-order valence-corrected chi connectivity index (χ4v) is 1.65. The van der Waals surface area contributed by atoms with E-state index in [1.165, 1.54) is 0 Å². The van der Waals surface area contributed by atoms with Crippen LogP contribution in [0.5, 0.6) is 11.5 Å². The minimum Gasteiger partial charge on any atom is -0.493 e. The van der Waals surface area contributed by atoms with E-state index in [9.17, 15) is 0 Å². The SMILES string of the molecule is COCOc1c(OC)ccc2ccccc12. The van der Waals surface area contributed by atoms with Crippen LogP contribution in [0.3, 0.4) is 0 Å². The maximum Gasteiger partial charge on any atom is 0.188 e. The second-order valence-electron chi connectivity index (χ2n) is 3.37. The number of benzene rings is 2. The van der Waals surface area contributed by atoms with Gasteiger partial charge in [0.05, 0.1) is 7.11 Å². The monoisotopic (exact) mass is 218 g/mol. The number of ether oxygens (including phenoxy) is 3. The summed E-state index contributed by atoms with van der Waals surface area (Å²) in [6.07, 6.45) is 0. The standard InChI is InChI=1S/C13H14O3/c1-14-9-16-13-11-6-4-3-5-10(11)7-8-12(13)15-2/h3-8H,9H2,1-2H3. The van der Waals surface area contributed by atoms with Crippen LogP contribution in [0.15, 0.2) is 36.4 Å². The largest absolute Gasteiger partial charge is 0.493 e. The summed E-state index contributed by atoms with van der Waals surface area (Å²) in [6, 6.07) is 11.9. The highest BCUT2D eigenvalue weighted by molar-refractivity contribution is 5.90. The molecule has 0 spiro atoms. The summed E-state index contributed by atoms with van der Waals surface area (Å²) in [6.45, 7) is 0.213. The van der Waals surface area contributed by atoms with Crippen molar-refractivity contribution in [1.82, 2.24) is 0 Å². The average Bonchev–Trinajstić information content (AvgIpc) is 2.35. The molecule has 2 aromatic rings. The Hall–Kier alpha value is -1.74. The lowest BCUT2D eigenvalue weighted by Crippen LogP contribution is -2.01. The fourth-order valence-electron chi connectivity index (χ4n) is 1.65. The average molecular weight is 218 g/mol. The van der Waals surface area contributed by atoms with Gasteiger partial charge in [-0.3, -0.25) is 0 Å². The van der Waals surface area contributed by atoms with Crippen molar-refractivity contribution in [3.63, 3.8) is 0 Å². The third-order valence-electron chi connectivity index (χ3n) is 2.38. The molecule has 0 amide bonds. The minimum absolute atomic E-state index is 0.213. The Morgan fingerprint density at radius 1 is 1.00 bits per heavy atom. The molecule has 0 bridgehead atoms. The molecule has 0 aliphatic carbocycles. The lowest BCUT2D eigenvalue weighted by atomic mass is 10.1. The Kier molecular flexibility index (Phi) is 3.27. The topological polar surface area (TPSA) is 27.7 Å². The van der Waals surface area contributed by atoms with Crippen molar-refractivity contribution >= 4 is 10.8 Å². The third-order valence-corrected chi connectivity index (χ3v) is 2.38. The van der Waals surface area contributed by atoms with Crippen LogP contribution in [-0.4, -0.2) is 21.0 Å². The number of hydrogen-bond donors (Lipinski definition) is 0. The molecule has 0 atom stereocenters. The highest BCUT2D eigenvalue weighted by Crippen LogP contribution is 2.35. The Morgan fingerprint density at radius 2 is 1.81 bits per heavy atom. The van der Waals surface area contributed by atoms with E-state index < -0.39 is 0 Å². The first-order chi connectivity index (χ1) is 7.86. The summed E-state index contributed by atoms with van der Waals surface area (Å²) >= 11 is 0. The molecule has 3 heteroatoms. The minimum atomic E-state index is 0.213. The van der Waals surface area contributed by atoms with Crippen LogP contribution in [0.2, 0.25) is 0 Å². The molecular weight excluding hydrogens is 204 g/mol. The van der Waals surface area contributed by atoms with Crippen LogP contribution in [0, 0.1) is 0 Å². The number of hydrogen-bond acceptors (Lipinski definition) is 3. The summed E-state index contributed by atoms with van der Waals surface area (Å²) in [5, 5.41) is 2.15. The van der Waals surface area contributed by atoms with Gasteiger partial charge in [0, 0.05) is 12.5 Å². The molecule has 0 saturated heterocycles. The maximum absolute atomic E-state index is 5.54. The normalized spacial score (nSPS) is 10.4. The van der Waals surface area contributed by atoms with E-state index in [-0.39, 0.29) is 6.79 Å². The second-order valence-corrected chi connectivity index (χ2v) is 3.37. The molecule has 0 aromatic heterocycles. The highest BCUT2D eigenvalue weighted by Gasteiger charge is 2.08. The molecule has 0 aliphatic rings. The van der Waals surface area contributed by atoms with Gasteiger partial charge < -0.3 is 14.2 Å². The van der Waals surface area contributed by atoms with Crippen LogP contribution >= 0.6 is 0 Å². The molecule has 0 unspecified atom stereocenters. The van der Waals surface area contributed by atoms with Gasteiger partial charge in [0.1, 0.15) is 0 Å². The lowest BCUT2D eigenvalue weighted by Gasteiger charge is -2.12. The molecule has 3 nitrogen and oxygen atoms in total. The molecule has 0 N–H and O–H groups in total. The van der Waals surface area contributed by atoms with Gasteiger partial charge in [-0.05, 0) is 11.5 Å². The van der Waals surface area contributed by atoms with E-state index >= 15 is 0 Å². The van der Waals surface area contributed by atoms with Crippen molar-refractivity contribution in [3.8, 4) is 11.5 Å². The number of fused-ring (bicyclic) bond motifs is 1.